The average Bonchev–Trinajstić information content (AvgIpc) is 2.32. The lowest BCUT2D eigenvalue weighted by Gasteiger charge is -2.05. The molecule has 0 saturated heterocycles. The van der Waals surface area contributed by atoms with Crippen molar-refractivity contribution in [2.45, 2.75) is 6.92 Å². The van der Waals surface area contributed by atoms with Gasteiger partial charge in [0.1, 0.15) is 0 Å². The Morgan fingerprint density at radius 2 is 2.12 bits per heavy atom. The van der Waals surface area contributed by atoms with Crippen LogP contribution < -0.4 is 10.5 Å². The maximum absolute atomic E-state index is 13.5. The molecule has 0 unspecified atom stereocenters. The number of nitrogens with two attached hydrogens (primary N) is 1. The molecule has 4 nitrogen and oxygen atoms in total. The van der Waals surface area contributed by atoms with Crippen molar-refractivity contribution >= 4 is 5.69 Å². The number of rotatable bonds is 2. The number of anilines is 1. The molecule has 2 rings (SSSR count). The summed E-state index contributed by atoms with van der Waals surface area (Å²) in [5, 5.41) is 0. The molecular formula is C12H12FN3O. The molecule has 1 heterocycles. The summed E-state index contributed by atoms with van der Waals surface area (Å²) < 4.78 is 18.4. The topological polar surface area (TPSA) is 61.0 Å². The Kier molecular flexibility index (Phi) is 2.91. The number of aryl methyl sites for hydroxylation is 1. The highest BCUT2D eigenvalue weighted by atomic mass is 19.1. The van der Waals surface area contributed by atoms with Gasteiger partial charge < -0.3 is 10.5 Å². The highest BCUT2D eigenvalue weighted by Gasteiger charge is 2.08. The SMILES string of the molecule is COc1ccc(-c2ncc(N)c(C)n2)cc1F. The molecule has 0 amide bonds. The highest BCUT2D eigenvalue weighted by molar-refractivity contribution is 5.58. The maximum Gasteiger partial charge on any atom is 0.165 e. The zero-order valence-corrected chi connectivity index (χ0v) is 9.57. The van der Waals surface area contributed by atoms with Crippen molar-refractivity contribution < 1.29 is 9.13 Å². The molecule has 2 aromatic rings. The summed E-state index contributed by atoms with van der Waals surface area (Å²) in [5.74, 6) is 0.197. The normalized spacial score (nSPS) is 10.3. The standard InChI is InChI=1S/C12H12FN3O/c1-7-10(14)6-15-12(16-7)8-3-4-11(17-2)9(13)5-8/h3-6H,14H2,1-2H3. The first-order valence-corrected chi connectivity index (χ1v) is 5.05. The summed E-state index contributed by atoms with van der Waals surface area (Å²) in [6.45, 7) is 1.78. The molecule has 0 aliphatic heterocycles. The second-order valence-electron chi connectivity index (χ2n) is 3.58. The molecule has 0 aliphatic rings. The molecule has 0 radical (unpaired) electrons. The van der Waals surface area contributed by atoms with Crippen LogP contribution in [0.25, 0.3) is 11.4 Å². The van der Waals surface area contributed by atoms with Gasteiger partial charge in [-0.05, 0) is 25.1 Å². The fourth-order valence-electron chi connectivity index (χ4n) is 1.42. The van der Waals surface area contributed by atoms with Gasteiger partial charge in [0, 0.05) is 5.56 Å². The van der Waals surface area contributed by atoms with Crippen molar-refractivity contribution in [2.75, 3.05) is 12.8 Å². The Morgan fingerprint density at radius 1 is 1.35 bits per heavy atom. The number of benzene rings is 1. The van der Waals surface area contributed by atoms with Gasteiger partial charge in [-0.2, -0.15) is 0 Å². The van der Waals surface area contributed by atoms with E-state index in [9.17, 15) is 4.39 Å². The van der Waals surface area contributed by atoms with E-state index < -0.39 is 5.82 Å². The molecule has 1 aromatic heterocycles. The van der Waals surface area contributed by atoms with Gasteiger partial charge in [0.25, 0.3) is 0 Å². The minimum Gasteiger partial charge on any atom is -0.494 e. The Hall–Kier alpha value is -2.17. The first-order chi connectivity index (χ1) is 8.11. The van der Waals surface area contributed by atoms with Gasteiger partial charge in [-0.3, -0.25) is 0 Å². The number of nitrogen functional groups attached to an aromatic ring is 1. The van der Waals surface area contributed by atoms with Crippen LogP contribution in [0.2, 0.25) is 0 Å². The molecule has 1 aromatic carbocycles. The van der Waals surface area contributed by atoms with Crippen LogP contribution in [-0.4, -0.2) is 17.1 Å². The number of halogens is 1. The molecule has 0 aliphatic carbocycles. The van der Waals surface area contributed by atoms with Crippen LogP contribution in [0, 0.1) is 12.7 Å². The number of hydrogen-bond donors (Lipinski definition) is 1. The third kappa shape index (κ3) is 2.18. The molecule has 88 valence electrons. The van der Waals surface area contributed by atoms with Crippen LogP contribution in [0.1, 0.15) is 5.69 Å². The molecule has 0 fully saturated rings. The third-order valence-corrected chi connectivity index (χ3v) is 2.43. The van der Waals surface area contributed by atoms with E-state index in [1.165, 1.54) is 19.4 Å². The first kappa shape index (κ1) is 11.3. The molecule has 0 saturated carbocycles. The van der Waals surface area contributed by atoms with E-state index in [1.54, 1.807) is 19.1 Å². The van der Waals surface area contributed by atoms with E-state index in [-0.39, 0.29) is 5.75 Å². The summed E-state index contributed by atoms with van der Waals surface area (Å²) in [7, 11) is 1.42. The van der Waals surface area contributed by atoms with E-state index in [0.29, 0.717) is 22.8 Å². The van der Waals surface area contributed by atoms with Crippen LogP contribution in [-0.2, 0) is 0 Å². The zero-order valence-electron chi connectivity index (χ0n) is 9.57. The largest absolute Gasteiger partial charge is 0.494 e. The molecule has 2 N–H and O–H groups in total. The zero-order chi connectivity index (χ0) is 12.4. The van der Waals surface area contributed by atoms with Gasteiger partial charge in [0.15, 0.2) is 17.4 Å². The number of methoxy groups -OCH3 is 1. The molecule has 0 spiro atoms. The van der Waals surface area contributed by atoms with E-state index in [2.05, 4.69) is 9.97 Å². The van der Waals surface area contributed by atoms with Crippen LogP contribution in [0.5, 0.6) is 5.75 Å². The van der Waals surface area contributed by atoms with Gasteiger partial charge in [-0.15, -0.1) is 0 Å². The number of hydrogen-bond acceptors (Lipinski definition) is 4. The van der Waals surface area contributed by atoms with Crippen molar-refractivity contribution in [3.05, 3.63) is 35.9 Å². The second-order valence-corrected chi connectivity index (χ2v) is 3.58. The van der Waals surface area contributed by atoms with Crippen LogP contribution in [0.4, 0.5) is 10.1 Å². The summed E-state index contributed by atoms with van der Waals surface area (Å²) in [5.41, 5.74) is 7.40. The van der Waals surface area contributed by atoms with Gasteiger partial charge in [0.2, 0.25) is 0 Å². The lowest BCUT2D eigenvalue weighted by molar-refractivity contribution is 0.386. The van der Waals surface area contributed by atoms with E-state index in [0.717, 1.165) is 0 Å². The lowest BCUT2D eigenvalue weighted by Crippen LogP contribution is -1.98. The Balaban J connectivity index is 2.46. The van der Waals surface area contributed by atoms with Gasteiger partial charge in [-0.1, -0.05) is 0 Å². The predicted octanol–water partition coefficient (Wildman–Crippen LogP) is 2.18. The smallest absolute Gasteiger partial charge is 0.165 e. The first-order valence-electron chi connectivity index (χ1n) is 5.05. The molecule has 0 atom stereocenters. The summed E-state index contributed by atoms with van der Waals surface area (Å²) in [6, 6.07) is 4.58. The minimum atomic E-state index is -0.442. The Labute approximate surface area is 98.3 Å². The fraction of sp³-hybridized carbons (Fsp3) is 0.167. The molecule has 0 bridgehead atoms. The van der Waals surface area contributed by atoms with Crippen LogP contribution in [0.3, 0.4) is 0 Å². The summed E-state index contributed by atoms with van der Waals surface area (Å²) in [6.07, 6.45) is 1.51. The summed E-state index contributed by atoms with van der Waals surface area (Å²) in [4.78, 5) is 8.26. The number of ether oxygens (including phenoxy) is 1. The fourth-order valence-corrected chi connectivity index (χ4v) is 1.42. The minimum absolute atomic E-state index is 0.195. The van der Waals surface area contributed by atoms with Crippen molar-refractivity contribution in [3.63, 3.8) is 0 Å². The highest BCUT2D eigenvalue weighted by Crippen LogP contribution is 2.23. The van der Waals surface area contributed by atoms with Crippen molar-refractivity contribution in [1.29, 1.82) is 0 Å². The quantitative estimate of drug-likeness (QED) is 0.863. The maximum atomic E-state index is 13.5. The summed E-state index contributed by atoms with van der Waals surface area (Å²) >= 11 is 0. The monoisotopic (exact) mass is 233 g/mol. The number of aromatic nitrogens is 2. The van der Waals surface area contributed by atoms with Gasteiger partial charge in [-0.25, -0.2) is 14.4 Å². The van der Waals surface area contributed by atoms with Crippen molar-refractivity contribution in [3.8, 4) is 17.1 Å². The van der Waals surface area contributed by atoms with Crippen molar-refractivity contribution in [1.82, 2.24) is 9.97 Å². The van der Waals surface area contributed by atoms with Gasteiger partial charge >= 0.3 is 0 Å². The Morgan fingerprint density at radius 3 is 2.71 bits per heavy atom. The van der Waals surface area contributed by atoms with E-state index in [1.807, 2.05) is 0 Å². The molecule has 17 heavy (non-hydrogen) atoms. The van der Waals surface area contributed by atoms with Gasteiger partial charge in [0.05, 0.1) is 24.7 Å². The Bertz CT molecular complexity index is 557. The number of nitrogens with zero attached hydrogens (tertiary/aromatic N) is 2. The van der Waals surface area contributed by atoms with E-state index >= 15 is 0 Å². The van der Waals surface area contributed by atoms with Crippen LogP contribution in [0.15, 0.2) is 24.4 Å². The molecular weight excluding hydrogens is 221 g/mol. The van der Waals surface area contributed by atoms with E-state index in [4.69, 9.17) is 10.5 Å². The lowest BCUT2D eigenvalue weighted by atomic mass is 10.2. The predicted molar refractivity (Wildman–Crippen MR) is 63.1 cm³/mol. The van der Waals surface area contributed by atoms with Crippen LogP contribution >= 0.6 is 0 Å². The second kappa shape index (κ2) is 4.37. The third-order valence-electron chi connectivity index (χ3n) is 2.43. The van der Waals surface area contributed by atoms with Crippen molar-refractivity contribution in [2.24, 2.45) is 0 Å². The average molecular weight is 233 g/mol. The molecule has 5 heteroatoms.